The van der Waals surface area contributed by atoms with Crippen molar-refractivity contribution in [1.82, 2.24) is 0 Å². The first-order valence-electron chi connectivity index (χ1n) is 6.21. The monoisotopic (exact) mass is 356 g/mol. The molecule has 0 aromatic heterocycles. The molecule has 0 aliphatic heterocycles. The van der Waals surface area contributed by atoms with Gasteiger partial charge in [-0.2, -0.15) is 0 Å². The highest BCUT2D eigenvalue weighted by Crippen LogP contribution is 2.35. The van der Waals surface area contributed by atoms with Crippen molar-refractivity contribution in [2.24, 2.45) is 5.92 Å². The van der Waals surface area contributed by atoms with Crippen LogP contribution in [0.5, 0.6) is 0 Å². The van der Waals surface area contributed by atoms with E-state index in [1.54, 1.807) is 0 Å². The summed E-state index contributed by atoms with van der Waals surface area (Å²) in [4.78, 5) is 0.309. The molecule has 0 amide bonds. The summed E-state index contributed by atoms with van der Waals surface area (Å²) >= 11 is 16.1. The van der Waals surface area contributed by atoms with E-state index < -0.39 is 0 Å². The summed E-state index contributed by atoms with van der Waals surface area (Å²) in [6.45, 7) is 2.21. The van der Waals surface area contributed by atoms with Crippen molar-refractivity contribution < 1.29 is 0 Å². The molecule has 0 spiro atoms. The summed E-state index contributed by atoms with van der Waals surface area (Å²) in [5.41, 5.74) is 2.38. The normalized spacial score (nSPS) is 14.1. The van der Waals surface area contributed by atoms with Gasteiger partial charge in [-0.1, -0.05) is 88.5 Å². The van der Waals surface area contributed by atoms with Gasteiger partial charge in [0.15, 0.2) is 0 Å². The van der Waals surface area contributed by atoms with Gasteiger partial charge in [-0.05, 0) is 29.5 Å². The molecule has 3 heteroatoms. The molecule has 2 unspecified atom stereocenters. The Balaban J connectivity index is 2.13. The number of alkyl halides is 1. The van der Waals surface area contributed by atoms with Crippen LogP contribution in [-0.4, -0.2) is 0 Å². The van der Waals surface area contributed by atoms with Crippen LogP contribution >= 0.6 is 39.1 Å². The Bertz CT molecular complexity index is 540. The van der Waals surface area contributed by atoms with Crippen LogP contribution in [0.25, 0.3) is 0 Å². The van der Waals surface area contributed by atoms with Crippen molar-refractivity contribution >= 4 is 39.1 Å². The molecule has 0 radical (unpaired) electrons. The van der Waals surface area contributed by atoms with E-state index in [9.17, 15) is 0 Å². The lowest BCUT2D eigenvalue weighted by atomic mass is 9.94. The summed E-state index contributed by atoms with van der Waals surface area (Å²) in [7, 11) is 0. The van der Waals surface area contributed by atoms with E-state index in [1.165, 1.54) is 5.56 Å². The van der Waals surface area contributed by atoms with Crippen LogP contribution in [0.15, 0.2) is 48.5 Å². The Labute approximate surface area is 132 Å². The zero-order chi connectivity index (χ0) is 13.8. The van der Waals surface area contributed by atoms with Crippen LogP contribution < -0.4 is 0 Å². The average Bonchev–Trinajstić information content (AvgIpc) is 2.44. The molecular formula is C16H15BrCl2. The molecule has 2 rings (SSSR count). The van der Waals surface area contributed by atoms with Crippen LogP contribution in [0.3, 0.4) is 0 Å². The minimum atomic E-state index is 0.309. The van der Waals surface area contributed by atoms with E-state index in [4.69, 9.17) is 23.2 Å². The lowest BCUT2D eigenvalue weighted by molar-refractivity contribution is 0.572. The van der Waals surface area contributed by atoms with E-state index >= 15 is 0 Å². The third kappa shape index (κ3) is 3.75. The van der Waals surface area contributed by atoms with Crippen molar-refractivity contribution in [2.45, 2.75) is 18.2 Å². The van der Waals surface area contributed by atoms with Gasteiger partial charge in [0.2, 0.25) is 0 Å². The van der Waals surface area contributed by atoms with Gasteiger partial charge in [0.05, 0.1) is 10.0 Å². The maximum absolute atomic E-state index is 6.24. The van der Waals surface area contributed by atoms with Crippen molar-refractivity contribution in [2.75, 3.05) is 0 Å². The Morgan fingerprint density at radius 3 is 2.37 bits per heavy atom. The fraction of sp³-hybridized carbons (Fsp3) is 0.250. The van der Waals surface area contributed by atoms with Gasteiger partial charge in [0.1, 0.15) is 0 Å². The fourth-order valence-electron chi connectivity index (χ4n) is 2.12. The van der Waals surface area contributed by atoms with Gasteiger partial charge in [-0.3, -0.25) is 0 Å². The summed E-state index contributed by atoms with van der Waals surface area (Å²) in [5, 5.41) is 1.29. The number of benzene rings is 2. The predicted molar refractivity (Wildman–Crippen MR) is 87.4 cm³/mol. The SMILES string of the molecule is CC(Cc1cccc(Cl)c1Cl)C(Br)c1ccccc1. The second-order valence-electron chi connectivity index (χ2n) is 4.71. The topological polar surface area (TPSA) is 0 Å². The number of rotatable bonds is 4. The Morgan fingerprint density at radius 2 is 1.68 bits per heavy atom. The Kier molecular flexibility index (Phi) is 5.32. The number of hydrogen-bond acceptors (Lipinski definition) is 0. The maximum atomic E-state index is 6.24. The van der Waals surface area contributed by atoms with E-state index in [0.29, 0.717) is 20.8 Å². The standard InChI is InChI=1S/C16H15BrCl2/c1-11(15(17)12-6-3-2-4-7-12)10-13-8-5-9-14(18)16(13)19/h2-9,11,15H,10H2,1H3. The van der Waals surface area contributed by atoms with Crippen molar-refractivity contribution in [3.8, 4) is 0 Å². The van der Waals surface area contributed by atoms with Gasteiger partial charge < -0.3 is 0 Å². The Morgan fingerprint density at radius 1 is 1.00 bits per heavy atom. The fourth-order valence-corrected chi connectivity index (χ4v) is 3.01. The molecule has 0 aliphatic rings. The largest absolute Gasteiger partial charge is 0.0836 e. The van der Waals surface area contributed by atoms with E-state index in [0.717, 1.165) is 12.0 Å². The maximum Gasteiger partial charge on any atom is 0.0624 e. The molecule has 0 N–H and O–H groups in total. The zero-order valence-electron chi connectivity index (χ0n) is 10.6. The third-order valence-corrected chi connectivity index (χ3v) is 5.48. The van der Waals surface area contributed by atoms with Gasteiger partial charge in [-0.15, -0.1) is 0 Å². The van der Waals surface area contributed by atoms with Crippen molar-refractivity contribution in [3.05, 3.63) is 69.7 Å². The summed E-state index contributed by atoms with van der Waals surface area (Å²) < 4.78 is 0. The summed E-state index contributed by atoms with van der Waals surface area (Å²) in [6, 6.07) is 16.2. The van der Waals surface area contributed by atoms with Crippen LogP contribution in [0.1, 0.15) is 22.9 Å². The average molecular weight is 358 g/mol. The Hall–Kier alpha value is -0.500. The molecular weight excluding hydrogens is 343 g/mol. The highest BCUT2D eigenvalue weighted by molar-refractivity contribution is 9.09. The molecule has 0 heterocycles. The minimum absolute atomic E-state index is 0.309. The van der Waals surface area contributed by atoms with Crippen LogP contribution in [0.4, 0.5) is 0 Å². The molecule has 0 aliphatic carbocycles. The van der Waals surface area contributed by atoms with Crippen molar-refractivity contribution in [3.63, 3.8) is 0 Å². The van der Waals surface area contributed by atoms with Gasteiger partial charge >= 0.3 is 0 Å². The molecule has 0 saturated carbocycles. The molecule has 2 aromatic carbocycles. The van der Waals surface area contributed by atoms with Crippen LogP contribution in [0, 0.1) is 5.92 Å². The first kappa shape index (κ1) is 14.9. The predicted octanol–water partition coefficient (Wildman–Crippen LogP) is 6.31. The molecule has 100 valence electrons. The van der Waals surface area contributed by atoms with E-state index in [2.05, 4.69) is 47.1 Å². The summed E-state index contributed by atoms with van der Waals surface area (Å²) in [5.74, 6) is 0.429. The molecule has 2 atom stereocenters. The lowest BCUT2D eigenvalue weighted by Gasteiger charge is -2.19. The smallest absolute Gasteiger partial charge is 0.0624 e. The third-order valence-electron chi connectivity index (χ3n) is 3.19. The quantitative estimate of drug-likeness (QED) is 0.562. The zero-order valence-corrected chi connectivity index (χ0v) is 13.7. The van der Waals surface area contributed by atoms with Crippen molar-refractivity contribution in [1.29, 1.82) is 0 Å². The minimum Gasteiger partial charge on any atom is -0.0836 e. The first-order valence-corrected chi connectivity index (χ1v) is 7.88. The summed E-state index contributed by atoms with van der Waals surface area (Å²) in [6.07, 6.45) is 0.893. The molecule has 0 fully saturated rings. The van der Waals surface area contributed by atoms with E-state index in [1.807, 2.05) is 24.3 Å². The first-order chi connectivity index (χ1) is 9.09. The molecule has 0 bridgehead atoms. The molecule has 2 aromatic rings. The number of hydrogen-bond donors (Lipinski definition) is 0. The molecule has 0 saturated heterocycles. The second kappa shape index (κ2) is 6.78. The van der Waals surface area contributed by atoms with Gasteiger partial charge in [0.25, 0.3) is 0 Å². The second-order valence-corrected chi connectivity index (χ2v) is 6.48. The van der Waals surface area contributed by atoms with Crippen LogP contribution in [-0.2, 0) is 6.42 Å². The van der Waals surface area contributed by atoms with Gasteiger partial charge in [0, 0.05) is 4.83 Å². The highest BCUT2D eigenvalue weighted by Gasteiger charge is 2.18. The highest BCUT2D eigenvalue weighted by atomic mass is 79.9. The lowest BCUT2D eigenvalue weighted by Crippen LogP contribution is -2.07. The van der Waals surface area contributed by atoms with Gasteiger partial charge in [-0.25, -0.2) is 0 Å². The van der Waals surface area contributed by atoms with Crippen LogP contribution in [0.2, 0.25) is 10.0 Å². The van der Waals surface area contributed by atoms with E-state index in [-0.39, 0.29) is 0 Å². The molecule has 19 heavy (non-hydrogen) atoms. The number of halogens is 3. The molecule has 0 nitrogen and oxygen atoms in total.